The van der Waals surface area contributed by atoms with Gasteiger partial charge in [-0.3, -0.25) is 9.69 Å². The Kier molecular flexibility index (Phi) is 7.35. The Morgan fingerprint density at radius 3 is 1.74 bits per heavy atom. The molecular weight excluding hydrogens is 428 g/mol. The van der Waals surface area contributed by atoms with Crippen molar-refractivity contribution in [2.45, 2.75) is 24.9 Å². The first-order valence-corrected chi connectivity index (χ1v) is 12.5. The van der Waals surface area contributed by atoms with Gasteiger partial charge in [0.05, 0.1) is 6.04 Å². The minimum atomic E-state index is -0.294. The van der Waals surface area contributed by atoms with E-state index >= 15 is 0 Å². The summed E-state index contributed by atoms with van der Waals surface area (Å²) in [6.45, 7) is 2.48. The molecule has 3 heteroatoms. The normalized spacial score (nSPS) is 16.9. The molecule has 0 aliphatic carbocycles. The van der Waals surface area contributed by atoms with Gasteiger partial charge in [0.15, 0.2) is 0 Å². The fraction of sp³-hybridized carbons (Fsp3) is 0.219. The first-order valence-electron chi connectivity index (χ1n) is 12.5. The second kappa shape index (κ2) is 11.2. The van der Waals surface area contributed by atoms with Gasteiger partial charge in [-0.05, 0) is 35.1 Å². The van der Waals surface area contributed by atoms with Gasteiger partial charge in [0.2, 0.25) is 5.91 Å². The Bertz CT molecular complexity index is 1160. The van der Waals surface area contributed by atoms with E-state index in [2.05, 4.69) is 101 Å². The molecule has 0 aromatic heterocycles. The topological polar surface area (TPSA) is 23.6 Å². The highest BCUT2D eigenvalue weighted by atomic mass is 16.2. The van der Waals surface area contributed by atoms with Crippen LogP contribution in [-0.2, 0) is 11.2 Å². The predicted octanol–water partition coefficient (Wildman–Crippen LogP) is 6.29. The number of carbonyl (C=O) groups excluding carboxylic acids is 1. The van der Waals surface area contributed by atoms with Crippen LogP contribution in [0.25, 0.3) is 0 Å². The summed E-state index contributed by atoms with van der Waals surface area (Å²) in [5.74, 6) is 0.180. The summed E-state index contributed by atoms with van der Waals surface area (Å²) in [5, 5.41) is 0. The highest BCUT2D eigenvalue weighted by Gasteiger charge is 2.37. The lowest BCUT2D eigenvalue weighted by Crippen LogP contribution is -2.42. The molecule has 0 bridgehead atoms. The predicted molar refractivity (Wildman–Crippen MR) is 142 cm³/mol. The van der Waals surface area contributed by atoms with Crippen LogP contribution in [0.15, 0.2) is 121 Å². The minimum Gasteiger partial charge on any atom is -0.330 e. The Balaban J connectivity index is 1.51. The van der Waals surface area contributed by atoms with Crippen molar-refractivity contribution in [3.05, 3.63) is 144 Å². The van der Waals surface area contributed by atoms with Crippen LogP contribution in [-0.4, -0.2) is 35.3 Å². The Hall–Kier alpha value is -3.69. The number of amides is 1. The molecule has 0 spiro atoms. The van der Waals surface area contributed by atoms with Gasteiger partial charge in [-0.1, -0.05) is 121 Å². The minimum absolute atomic E-state index is 0.106. The van der Waals surface area contributed by atoms with Crippen LogP contribution in [0.5, 0.6) is 0 Å². The lowest BCUT2D eigenvalue weighted by molar-refractivity contribution is -0.137. The molecule has 5 rings (SSSR count). The number of hydrogen-bond acceptors (Lipinski definition) is 2. The standard InChI is InChI=1S/C32H32N2O/c35-32-31(29-20-11-4-12-21-29)33(25-22-26-14-5-1-6-15-26)23-13-24-34(32)30(27-16-7-2-8-17-27)28-18-9-3-10-19-28/h1-12,14-21,30-31H,13,22-25H2. The SMILES string of the molecule is O=C1C(c2ccccc2)N(CCc2ccccc2)CCCN1C(c1ccccc1)c1ccccc1. The third-order valence-corrected chi connectivity index (χ3v) is 6.91. The molecule has 0 N–H and O–H groups in total. The van der Waals surface area contributed by atoms with Gasteiger partial charge in [0.25, 0.3) is 0 Å². The number of benzene rings is 4. The average molecular weight is 461 g/mol. The molecule has 0 saturated carbocycles. The molecule has 4 aromatic carbocycles. The zero-order valence-corrected chi connectivity index (χ0v) is 20.0. The van der Waals surface area contributed by atoms with Crippen LogP contribution < -0.4 is 0 Å². The molecule has 176 valence electrons. The van der Waals surface area contributed by atoms with Crippen LogP contribution in [0.2, 0.25) is 0 Å². The molecular formula is C32H32N2O. The lowest BCUT2D eigenvalue weighted by Gasteiger charge is -2.35. The number of carbonyl (C=O) groups is 1. The first kappa shape index (κ1) is 23.1. The monoisotopic (exact) mass is 460 g/mol. The molecule has 1 unspecified atom stereocenters. The van der Waals surface area contributed by atoms with Gasteiger partial charge >= 0.3 is 0 Å². The molecule has 35 heavy (non-hydrogen) atoms. The van der Waals surface area contributed by atoms with Crippen LogP contribution >= 0.6 is 0 Å². The van der Waals surface area contributed by atoms with Gasteiger partial charge in [-0.25, -0.2) is 0 Å². The summed E-state index contributed by atoms with van der Waals surface area (Å²) in [6.07, 6.45) is 1.87. The number of rotatable bonds is 7. The van der Waals surface area contributed by atoms with E-state index in [1.807, 2.05) is 30.3 Å². The zero-order chi connectivity index (χ0) is 23.9. The van der Waals surface area contributed by atoms with Crippen molar-refractivity contribution < 1.29 is 4.79 Å². The summed E-state index contributed by atoms with van der Waals surface area (Å²) >= 11 is 0. The van der Waals surface area contributed by atoms with Gasteiger partial charge in [0, 0.05) is 19.6 Å². The molecule has 1 aliphatic rings. The van der Waals surface area contributed by atoms with E-state index in [0.29, 0.717) is 0 Å². The highest BCUT2D eigenvalue weighted by molar-refractivity contribution is 5.84. The number of hydrogen-bond donors (Lipinski definition) is 0. The molecule has 0 radical (unpaired) electrons. The van der Waals surface area contributed by atoms with E-state index in [1.54, 1.807) is 0 Å². The van der Waals surface area contributed by atoms with Crippen molar-refractivity contribution in [3.8, 4) is 0 Å². The molecule has 3 nitrogen and oxygen atoms in total. The summed E-state index contributed by atoms with van der Waals surface area (Å²) in [4.78, 5) is 18.9. The maximum atomic E-state index is 14.4. The Labute approximate surface area is 208 Å². The van der Waals surface area contributed by atoms with Crippen LogP contribution in [0.4, 0.5) is 0 Å². The fourth-order valence-electron chi connectivity index (χ4n) is 5.22. The highest BCUT2D eigenvalue weighted by Crippen LogP contribution is 2.35. The molecule has 1 aliphatic heterocycles. The maximum absolute atomic E-state index is 14.4. The third kappa shape index (κ3) is 5.36. The smallest absolute Gasteiger partial charge is 0.245 e. The van der Waals surface area contributed by atoms with E-state index in [-0.39, 0.29) is 18.0 Å². The van der Waals surface area contributed by atoms with Gasteiger partial charge in [-0.2, -0.15) is 0 Å². The third-order valence-electron chi connectivity index (χ3n) is 6.91. The van der Waals surface area contributed by atoms with E-state index in [4.69, 9.17) is 0 Å². The van der Waals surface area contributed by atoms with E-state index in [0.717, 1.165) is 49.2 Å². The largest absolute Gasteiger partial charge is 0.330 e. The van der Waals surface area contributed by atoms with Gasteiger partial charge in [0.1, 0.15) is 6.04 Å². The van der Waals surface area contributed by atoms with Gasteiger partial charge in [-0.15, -0.1) is 0 Å². The summed E-state index contributed by atoms with van der Waals surface area (Å²) in [6, 6.07) is 41.4. The molecule has 4 aromatic rings. The summed E-state index contributed by atoms with van der Waals surface area (Å²) in [7, 11) is 0. The summed E-state index contributed by atoms with van der Waals surface area (Å²) < 4.78 is 0. The Morgan fingerprint density at radius 1 is 0.657 bits per heavy atom. The van der Waals surface area contributed by atoms with Crippen molar-refractivity contribution in [2.24, 2.45) is 0 Å². The fourth-order valence-corrected chi connectivity index (χ4v) is 5.22. The van der Waals surface area contributed by atoms with Crippen molar-refractivity contribution in [2.75, 3.05) is 19.6 Å². The van der Waals surface area contributed by atoms with Crippen molar-refractivity contribution in [1.29, 1.82) is 0 Å². The summed E-state index contributed by atoms with van der Waals surface area (Å²) in [5.41, 5.74) is 4.67. The zero-order valence-electron chi connectivity index (χ0n) is 20.0. The second-order valence-corrected chi connectivity index (χ2v) is 9.19. The lowest BCUT2D eigenvalue weighted by atomic mass is 9.95. The molecule has 1 atom stereocenters. The Morgan fingerprint density at radius 2 is 1.17 bits per heavy atom. The van der Waals surface area contributed by atoms with E-state index < -0.39 is 0 Å². The van der Waals surface area contributed by atoms with E-state index in [9.17, 15) is 4.79 Å². The quantitative estimate of drug-likeness (QED) is 0.323. The number of nitrogens with zero attached hydrogens (tertiary/aromatic N) is 2. The molecule has 1 amide bonds. The molecule has 1 fully saturated rings. The maximum Gasteiger partial charge on any atom is 0.245 e. The van der Waals surface area contributed by atoms with Crippen LogP contribution in [0, 0.1) is 0 Å². The van der Waals surface area contributed by atoms with Crippen molar-refractivity contribution >= 4 is 5.91 Å². The van der Waals surface area contributed by atoms with Crippen molar-refractivity contribution in [3.63, 3.8) is 0 Å². The second-order valence-electron chi connectivity index (χ2n) is 9.19. The molecule has 1 saturated heterocycles. The van der Waals surface area contributed by atoms with Crippen molar-refractivity contribution in [1.82, 2.24) is 9.80 Å². The van der Waals surface area contributed by atoms with E-state index in [1.165, 1.54) is 5.56 Å². The van der Waals surface area contributed by atoms with Gasteiger partial charge < -0.3 is 4.90 Å². The first-order chi connectivity index (χ1) is 17.3. The van der Waals surface area contributed by atoms with Crippen LogP contribution in [0.3, 0.4) is 0 Å². The molecule has 1 heterocycles. The average Bonchev–Trinajstić information content (AvgIpc) is 3.08. The van der Waals surface area contributed by atoms with Crippen LogP contribution in [0.1, 0.15) is 40.8 Å².